The van der Waals surface area contributed by atoms with Crippen molar-refractivity contribution in [3.8, 4) is 0 Å². The van der Waals surface area contributed by atoms with Gasteiger partial charge in [-0.2, -0.15) is 0 Å². The number of nitrogens with zero attached hydrogens (tertiary/aromatic N) is 1. The fraction of sp³-hybridized carbons (Fsp3) is 0.167. The van der Waals surface area contributed by atoms with Gasteiger partial charge in [-0.1, -0.05) is 110 Å². The van der Waals surface area contributed by atoms with Gasteiger partial charge in [-0.3, -0.25) is 9.69 Å². The molecule has 1 amide bonds. The summed E-state index contributed by atoms with van der Waals surface area (Å²) in [5, 5.41) is 0. The zero-order valence-electron chi connectivity index (χ0n) is 19.6. The van der Waals surface area contributed by atoms with E-state index in [-0.39, 0.29) is 5.91 Å². The van der Waals surface area contributed by atoms with Gasteiger partial charge in [-0.25, -0.2) is 0 Å². The van der Waals surface area contributed by atoms with Gasteiger partial charge in [0.15, 0.2) is 0 Å². The van der Waals surface area contributed by atoms with E-state index in [2.05, 4.69) is 37.4 Å². The van der Waals surface area contributed by atoms with Crippen molar-refractivity contribution in [1.29, 1.82) is 0 Å². The normalized spacial score (nSPS) is 22.9. The number of likely N-dealkylation sites (tertiary alicyclic amines) is 1. The van der Waals surface area contributed by atoms with Crippen molar-refractivity contribution in [2.24, 2.45) is 0 Å². The van der Waals surface area contributed by atoms with Crippen LogP contribution in [0.25, 0.3) is 0 Å². The Morgan fingerprint density at radius 1 is 0.938 bits per heavy atom. The molecule has 1 fully saturated rings. The van der Waals surface area contributed by atoms with Crippen LogP contribution in [0.5, 0.6) is 0 Å². The molecule has 0 N–H and O–H groups in total. The van der Waals surface area contributed by atoms with Crippen molar-refractivity contribution in [2.75, 3.05) is 0 Å². The van der Waals surface area contributed by atoms with Crippen molar-refractivity contribution >= 4 is 5.91 Å². The first-order valence-corrected chi connectivity index (χ1v) is 10.9. The summed E-state index contributed by atoms with van der Waals surface area (Å²) in [6.07, 6.45) is 23.2. The molecule has 2 nitrogen and oxygen atoms in total. The van der Waals surface area contributed by atoms with Crippen LogP contribution < -0.4 is 0 Å². The Labute approximate surface area is 193 Å². The third kappa shape index (κ3) is 4.36. The predicted molar refractivity (Wildman–Crippen MR) is 138 cm³/mol. The molecule has 0 spiro atoms. The monoisotopic (exact) mass is 423 g/mol. The van der Waals surface area contributed by atoms with Crippen LogP contribution in [0.3, 0.4) is 0 Å². The van der Waals surface area contributed by atoms with Gasteiger partial charge < -0.3 is 0 Å². The molecule has 1 aliphatic rings. The molecule has 0 aromatic heterocycles. The number of hydrogen-bond acceptors (Lipinski definition) is 1. The molecule has 2 rings (SSSR count). The standard InChI is InChI=1S/C30H33NO/c1-7-13-20-24(18-9-3)30(25-21-16-15-17-22-25)28(19-10-4)27(12-6)29(32)31(30)26(11-5)23-14-8-2/h7-23H,2,4H2,1,3,5-6H3/b13-7-,18-9-,23-14-,24-20+,26-11+,27-12+,28-19+. The molecule has 0 saturated carbocycles. The Balaban J connectivity index is 3.17. The zero-order valence-corrected chi connectivity index (χ0v) is 19.6. The van der Waals surface area contributed by atoms with E-state index in [1.54, 1.807) is 12.2 Å². The summed E-state index contributed by atoms with van der Waals surface area (Å²) in [6, 6.07) is 10.2. The highest BCUT2D eigenvalue weighted by Crippen LogP contribution is 2.53. The number of allylic oxidation sites excluding steroid dienone is 11. The average molecular weight is 424 g/mol. The summed E-state index contributed by atoms with van der Waals surface area (Å²) < 4.78 is 0. The summed E-state index contributed by atoms with van der Waals surface area (Å²) in [5.41, 5.74) is 3.46. The molecule has 164 valence electrons. The molecular formula is C30H33NO. The molecular weight excluding hydrogens is 390 g/mol. The van der Waals surface area contributed by atoms with Crippen molar-refractivity contribution in [3.05, 3.63) is 144 Å². The predicted octanol–water partition coefficient (Wildman–Crippen LogP) is 7.51. The van der Waals surface area contributed by atoms with Crippen LogP contribution in [0.1, 0.15) is 33.3 Å². The SMILES string of the molecule is C=C/C=C\C(=C/C)N1C(=O)C(=C/C)/C(=C\C=C)C1(C(/C=C\C)=C/C=C\C)c1ccccc1. The fourth-order valence-corrected chi connectivity index (χ4v) is 4.18. The lowest BCUT2D eigenvalue weighted by molar-refractivity contribution is -0.125. The molecule has 1 aliphatic heterocycles. The van der Waals surface area contributed by atoms with E-state index < -0.39 is 5.54 Å². The fourth-order valence-electron chi connectivity index (χ4n) is 4.18. The minimum absolute atomic E-state index is 0.0536. The Kier molecular flexibility index (Phi) is 8.97. The second kappa shape index (κ2) is 11.7. The Bertz CT molecular complexity index is 1060. The van der Waals surface area contributed by atoms with E-state index in [4.69, 9.17) is 0 Å². The Hall–Kier alpha value is -3.65. The van der Waals surface area contributed by atoms with E-state index in [1.165, 1.54) is 0 Å². The number of hydrogen-bond donors (Lipinski definition) is 0. The molecule has 32 heavy (non-hydrogen) atoms. The molecule has 0 bridgehead atoms. The molecule has 1 unspecified atom stereocenters. The van der Waals surface area contributed by atoms with Gasteiger partial charge in [-0.15, -0.1) is 0 Å². The van der Waals surface area contributed by atoms with Gasteiger partial charge in [0.05, 0.1) is 0 Å². The average Bonchev–Trinajstić information content (AvgIpc) is 3.06. The summed E-state index contributed by atoms with van der Waals surface area (Å²) in [7, 11) is 0. The number of benzene rings is 1. The van der Waals surface area contributed by atoms with E-state index in [9.17, 15) is 4.79 Å². The van der Waals surface area contributed by atoms with Crippen molar-refractivity contribution in [3.63, 3.8) is 0 Å². The lowest BCUT2D eigenvalue weighted by Crippen LogP contribution is -2.44. The van der Waals surface area contributed by atoms with E-state index >= 15 is 0 Å². The second-order valence-corrected chi connectivity index (χ2v) is 7.19. The van der Waals surface area contributed by atoms with Gasteiger partial charge >= 0.3 is 0 Å². The molecule has 2 heteroatoms. The minimum atomic E-state index is -0.867. The molecule has 1 aromatic rings. The van der Waals surface area contributed by atoms with Crippen molar-refractivity contribution < 1.29 is 4.79 Å². The minimum Gasteiger partial charge on any atom is -0.290 e. The molecule has 1 atom stereocenters. The first-order chi connectivity index (χ1) is 15.6. The number of rotatable bonds is 8. The summed E-state index contributed by atoms with van der Waals surface area (Å²) in [6.45, 7) is 15.6. The van der Waals surface area contributed by atoms with Crippen LogP contribution in [0.4, 0.5) is 0 Å². The highest BCUT2D eigenvalue weighted by molar-refractivity contribution is 6.06. The summed E-state index contributed by atoms with van der Waals surface area (Å²) in [5.74, 6) is -0.0536. The van der Waals surface area contributed by atoms with Crippen LogP contribution >= 0.6 is 0 Å². The molecule has 1 heterocycles. The maximum absolute atomic E-state index is 14.0. The van der Waals surface area contributed by atoms with Crippen LogP contribution in [0.2, 0.25) is 0 Å². The van der Waals surface area contributed by atoms with Gasteiger partial charge in [-0.05, 0) is 50.5 Å². The Morgan fingerprint density at radius 3 is 2.19 bits per heavy atom. The topological polar surface area (TPSA) is 20.3 Å². The van der Waals surface area contributed by atoms with Crippen molar-refractivity contribution in [1.82, 2.24) is 4.90 Å². The quantitative estimate of drug-likeness (QED) is 0.313. The van der Waals surface area contributed by atoms with E-state index in [1.807, 2.05) is 99.4 Å². The Morgan fingerprint density at radius 2 is 1.66 bits per heavy atom. The number of carbonyl (C=O) groups excluding carboxylic acids is 1. The van der Waals surface area contributed by atoms with Gasteiger partial charge in [0.1, 0.15) is 5.54 Å². The van der Waals surface area contributed by atoms with E-state index in [0.29, 0.717) is 5.57 Å². The first kappa shape index (κ1) is 24.6. The van der Waals surface area contributed by atoms with Crippen LogP contribution in [-0.4, -0.2) is 10.8 Å². The van der Waals surface area contributed by atoms with E-state index in [0.717, 1.165) is 22.4 Å². The van der Waals surface area contributed by atoms with Crippen LogP contribution in [-0.2, 0) is 10.3 Å². The third-order valence-electron chi connectivity index (χ3n) is 5.40. The highest BCUT2D eigenvalue weighted by Gasteiger charge is 2.55. The smallest absolute Gasteiger partial charge is 0.259 e. The lowest BCUT2D eigenvalue weighted by Gasteiger charge is -2.41. The largest absolute Gasteiger partial charge is 0.290 e. The first-order valence-electron chi connectivity index (χ1n) is 10.9. The number of carbonyl (C=O) groups is 1. The molecule has 0 aliphatic carbocycles. The third-order valence-corrected chi connectivity index (χ3v) is 5.40. The van der Waals surface area contributed by atoms with Crippen LogP contribution in [0.15, 0.2) is 139 Å². The van der Waals surface area contributed by atoms with Crippen molar-refractivity contribution in [2.45, 2.75) is 33.2 Å². The molecule has 1 saturated heterocycles. The maximum atomic E-state index is 14.0. The summed E-state index contributed by atoms with van der Waals surface area (Å²) in [4.78, 5) is 15.9. The molecule has 0 radical (unpaired) electrons. The second-order valence-electron chi connectivity index (χ2n) is 7.19. The molecule has 1 aromatic carbocycles. The summed E-state index contributed by atoms with van der Waals surface area (Å²) >= 11 is 0. The number of amides is 1. The maximum Gasteiger partial charge on any atom is 0.259 e. The van der Waals surface area contributed by atoms with Gasteiger partial charge in [0.25, 0.3) is 5.91 Å². The van der Waals surface area contributed by atoms with Crippen LogP contribution in [0, 0.1) is 0 Å². The van der Waals surface area contributed by atoms with Gasteiger partial charge in [0.2, 0.25) is 0 Å². The highest BCUT2D eigenvalue weighted by atomic mass is 16.2. The van der Waals surface area contributed by atoms with Gasteiger partial charge in [0, 0.05) is 11.3 Å². The lowest BCUT2D eigenvalue weighted by atomic mass is 9.74. The zero-order chi connectivity index (χ0) is 23.6.